The van der Waals surface area contributed by atoms with Crippen LogP contribution in [0.5, 0.6) is 0 Å². The Balaban J connectivity index is 1.46. The molecule has 158 valence electrons. The highest BCUT2D eigenvalue weighted by molar-refractivity contribution is 5.99. The molecule has 5 rings (SSSR count). The molecule has 0 bridgehead atoms. The quantitative estimate of drug-likeness (QED) is 0.491. The topological polar surface area (TPSA) is 70.6 Å². The van der Waals surface area contributed by atoms with Gasteiger partial charge in [0.2, 0.25) is 12.1 Å². The van der Waals surface area contributed by atoms with Gasteiger partial charge in [-0.3, -0.25) is 9.89 Å². The van der Waals surface area contributed by atoms with Crippen molar-refractivity contribution in [1.82, 2.24) is 15.2 Å². The minimum Gasteiger partial charge on any atom is -0.445 e. The number of rotatable bonds is 4. The van der Waals surface area contributed by atoms with Crippen LogP contribution < -0.4 is 0 Å². The molecular formula is C26H22N4O2. The van der Waals surface area contributed by atoms with Crippen LogP contribution in [-0.4, -0.2) is 33.2 Å². The first kappa shape index (κ1) is 19.8. The predicted octanol–water partition coefficient (Wildman–Crippen LogP) is 5.20. The van der Waals surface area contributed by atoms with Crippen LogP contribution in [0.2, 0.25) is 0 Å². The molecule has 6 heteroatoms. The Hall–Kier alpha value is -4.19. The van der Waals surface area contributed by atoms with E-state index in [0.29, 0.717) is 11.6 Å². The summed E-state index contributed by atoms with van der Waals surface area (Å²) in [5.74, 6) is 0.143. The van der Waals surface area contributed by atoms with E-state index in [0.717, 1.165) is 33.2 Å². The molecule has 32 heavy (non-hydrogen) atoms. The molecule has 3 aromatic carbocycles. The molecule has 1 aromatic heterocycles. The third-order valence-corrected chi connectivity index (χ3v) is 5.42. The summed E-state index contributed by atoms with van der Waals surface area (Å²) in [6.45, 7) is 3.41. The van der Waals surface area contributed by atoms with E-state index in [1.165, 1.54) is 11.9 Å². The third-order valence-electron chi connectivity index (χ3n) is 5.42. The first-order valence-corrected chi connectivity index (χ1v) is 10.4. The standard InChI is InChI=1S/C26H22N4O2/c1-17(15-19-9-4-3-5-10-19)26-30(18(2)31)29-25(32-26)24-16-23(27-28-24)22-14-8-12-20-11-6-7-13-21(20)22/h3-16,26H,1-2H3,(H,27,28). The summed E-state index contributed by atoms with van der Waals surface area (Å²) in [4.78, 5) is 12.2. The average molecular weight is 422 g/mol. The summed E-state index contributed by atoms with van der Waals surface area (Å²) in [7, 11) is 0. The van der Waals surface area contributed by atoms with Crippen LogP contribution in [0.25, 0.3) is 28.1 Å². The Morgan fingerprint density at radius 2 is 1.75 bits per heavy atom. The Kier molecular flexibility index (Phi) is 5.03. The number of nitrogens with zero attached hydrogens (tertiary/aromatic N) is 3. The monoisotopic (exact) mass is 422 g/mol. The lowest BCUT2D eigenvalue weighted by atomic mass is 10.0. The van der Waals surface area contributed by atoms with Crippen LogP contribution in [0.15, 0.2) is 89.5 Å². The third kappa shape index (κ3) is 3.67. The van der Waals surface area contributed by atoms with Gasteiger partial charge in [-0.05, 0) is 34.9 Å². The van der Waals surface area contributed by atoms with Gasteiger partial charge in [0, 0.05) is 12.5 Å². The summed E-state index contributed by atoms with van der Waals surface area (Å²) in [6.07, 6.45) is 1.39. The zero-order valence-corrected chi connectivity index (χ0v) is 17.8. The Morgan fingerprint density at radius 3 is 2.56 bits per heavy atom. The normalized spacial score (nSPS) is 16.2. The van der Waals surface area contributed by atoms with E-state index in [9.17, 15) is 4.79 Å². The molecule has 0 saturated carbocycles. The van der Waals surface area contributed by atoms with E-state index in [4.69, 9.17) is 4.74 Å². The van der Waals surface area contributed by atoms with E-state index in [1.54, 1.807) is 0 Å². The fourth-order valence-electron chi connectivity index (χ4n) is 3.87. The highest BCUT2D eigenvalue weighted by atomic mass is 16.5. The number of nitrogens with one attached hydrogen (secondary N) is 1. The van der Waals surface area contributed by atoms with Gasteiger partial charge in [-0.1, -0.05) is 78.9 Å². The highest BCUT2D eigenvalue weighted by Gasteiger charge is 2.33. The molecule has 0 fully saturated rings. The summed E-state index contributed by atoms with van der Waals surface area (Å²) < 4.78 is 6.11. The highest BCUT2D eigenvalue weighted by Crippen LogP contribution is 2.29. The zero-order chi connectivity index (χ0) is 22.1. The van der Waals surface area contributed by atoms with Gasteiger partial charge in [0.05, 0.1) is 5.69 Å². The number of amides is 1. The van der Waals surface area contributed by atoms with Crippen molar-refractivity contribution in [3.63, 3.8) is 0 Å². The number of hydrogen-bond donors (Lipinski definition) is 1. The number of carbonyl (C=O) groups excluding carboxylic acids is 1. The molecule has 1 aliphatic heterocycles. The molecule has 6 nitrogen and oxygen atoms in total. The van der Waals surface area contributed by atoms with Crippen molar-refractivity contribution in [2.24, 2.45) is 5.10 Å². The van der Waals surface area contributed by atoms with Crippen molar-refractivity contribution < 1.29 is 9.53 Å². The van der Waals surface area contributed by atoms with Crippen molar-refractivity contribution in [2.45, 2.75) is 20.1 Å². The number of fused-ring (bicyclic) bond motifs is 1. The Morgan fingerprint density at radius 1 is 1.00 bits per heavy atom. The number of ether oxygens (including phenoxy) is 1. The molecule has 1 amide bonds. The van der Waals surface area contributed by atoms with Gasteiger partial charge < -0.3 is 4.74 Å². The Bertz CT molecular complexity index is 1350. The largest absolute Gasteiger partial charge is 0.445 e. The van der Waals surface area contributed by atoms with E-state index < -0.39 is 6.23 Å². The van der Waals surface area contributed by atoms with Crippen LogP contribution >= 0.6 is 0 Å². The van der Waals surface area contributed by atoms with Gasteiger partial charge in [0.25, 0.3) is 5.90 Å². The van der Waals surface area contributed by atoms with Gasteiger partial charge in [-0.25, -0.2) is 0 Å². The lowest BCUT2D eigenvalue weighted by Gasteiger charge is -2.19. The number of carbonyl (C=O) groups is 1. The van der Waals surface area contributed by atoms with E-state index in [1.807, 2.05) is 73.7 Å². The predicted molar refractivity (Wildman–Crippen MR) is 126 cm³/mol. The number of hydrogen-bond acceptors (Lipinski definition) is 4. The second-order valence-corrected chi connectivity index (χ2v) is 7.73. The van der Waals surface area contributed by atoms with E-state index in [-0.39, 0.29) is 5.91 Å². The second kappa shape index (κ2) is 8.15. The summed E-state index contributed by atoms with van der Waals surface area (Å²) in [5.41, 5.74) is 4.33. The maximum absolute atomic E-state index is 12.2. The maximum Gasteiger partial charge on any atom is 0.259 e. The molecule has 0 spiro atoms. The summed E-state index contributed by atoms with van der Waals surface area (Å²) in [6, 6.07) is 26.1. The number of aromatic amines is 1. The lowest BCUT2D eigenvalue weighted by Crippen LogP contribution is -2.32. The molecule has 1 aliphatic rings. The smallest absolute Gasteiger partial charge is 0.259 e. The van der Waals surface area contributed by atoms with Crippen molar-refractivity contribution in [3.05, 3.63) is 95.7 Å². The molecule has 0 aliphatic carbocycles. The molecular weight excluding hydrogens is 400 g/mol. The molecule has 1 unspecified atom stereocenters. The zero-order valence-electron chi connectivity index (χ0n) is 17.8. The SMILES string of the molecule is CC(=O)N1N=C(c2cc(-c3cccc4ccccc34)n[nH]2)OC1C(C)=Cc1ccccc1. The van der Waals surface area contributed by atoms with Crippen LogP contribution in [0.4, 0.5) is 0 Å². The van der Waals surface area contributed by atoms with Gasteiger partial charge in [-0.15, -0.1) is 5.10 Å². The van der Waals surface area contributed by atoms with Gasteiger partial charge in [0.1, 0.15) is 5.69 Å². The first-order valence-electron chi connectivity index (χ1n) is 10.4. The molecule has 0 saturated heterocycles. The first-order chi connectivity index (χ1) is 15.6. The molecule has 1 atom stereocenters. The number of H-pyrrole nitrogens is 1. The van der Waals surface area contributed by atoms with Crippen molar-refractivity contribution >= 4 is 28.7 Å². The van der Waals surface area contributed by atoms with Crippen LogP contribution in [0.3, 0.4) is 0 Å². The van der Waals surface area contributed by atoms with Gasteiger partial charge in [-0.2, -0.15) is 10.1 Å². The number of aromatic nitrogens is 2. The Labute approximate surface area is 185 Å². The van der Waals surface area contributed by atoms with Gasteiger partial charge >= 0.3 is 0 Å². The molecule has 0 radical (unpaired) electrons. The lowest BCUT2D eigenvalue weighted by molar-refractivity contribution is -0.133. The average Bonchev–Trinajstić information content (AvgIpc) is 3.47. The molecule has 4 aromatic rings. The number of benzene rings is 3. The van der Waals surface area contributed by atoms with Crippen LogP contribution in [0, 0.1) is 0 Å². The fraction of sp³-hybridized carbons (Fsp3) is 0.115. The fourth-order valence-corrected chi connectivity index (χ4v) is 3.87. The van der Waals surface area contributed by atoms with Crippen LogP contribution in [0.1, 0.15) is 25.1 Å². The van der Waals surface area contributed by atoms with Crippen LogP contribution in [-0.2, 0) is 9.53 Å². The minimum atomic E-state index is -0.605. The molecule has 1 N–H and O–H groups in total. The van der Waals surface area contributed by atoms with Gasteiger partial charge in [0.15, 0.2) is 0 Å². The van der Waals surface area contributed by atoms with Crippen molar-refractivity contribution in [2.75, 3.05) is 0 Å². The minimum absolute atomic E-state index is 0.195. The van der Waals surface area contributed by atoms with E-state index >= 15 is 0 Å². The maximum atomic E-state index is 12.2. The molecule has 2 heterocycles. The summed E-state index contributed by atoms with van der Waals surface area (Å²) >= 11 is 0. The van der Waals surface area contributed by atoms with Crippen molar-refractivity contribution in [3.8, 4) is 11.3 Å². The van der Waals surface area contributed by atoms with Crippen molar-refractivity contribution in [1.29, 1.82) is 0 Å². The van der Waals surface area contributed by atoms with E-state index in [2.05, 4.69) is 33.5 Å². The number of hydrazone groups is 1. The summed E-state index contributed by atoms with van der Waals surface area (Å²) in [5, 5.41) is 15.6. The second-order valence-electron chi connectivity index (χ2n) is 7.73.